The van der Waals surface area contributed by atoms with E-state index in [0.717, 1.165) is 5.56 Å². The number of halogens is 1. The maximum absolute atomic E-state index is 13.9. The minimum atomic E-state index is -0.778. The number of hydrogen-bond donors (Lipinski definition) is 0. The molecule has 0 saturated heterocycles. The Morgan fingerprint density at radius 3 is 2.45 bits per heavy atom. The number of ether oxygens (including phenoxy) is 4. The van der Waals surface area contributed by atoms with Crippen molar-refractivity contribution in [2.24, 2.45) is 4.99 Å². The van der Waals surface area contributed by atoms with Gasteiger partial charge >= 0.3 is 5.97 Å². The number of nitrogens with zero attached hydrogens (tertiary/aromatic N) is 2. The number of aromatic nitrogens is 1. The van der Waals surface area contributed by atoms with E-state index in [0.29, 0.717) is 50.9 Å². The molecule has 0 amide bonds. The van der Waals surface area contributed by atoms with Gasteiger partial charge in [-0.2, -0.15) is 0 Å². The van der Waals surface area contributed by atoms with Crippen LogP contribution >= 0.6 is 11.3 Å². The highest BCUT2D eigenvalue weighted by Crippen LogP contribution is 2.35. The second kappa shape index (κ2) is 12.9. The van der Waals surface area contributed by atoms with Gasteiger partial charge in [-0.25, -0.2) is 14.2 Å². The van der Waals surface area contributed by atoms with Crippen LogP contribution in [0.3, 0.4) is 0 Å². The van der Waals surface area contributed by atoms with Crippen molar-refractivity contribution >= 4 is 23.4 Å². The fourth-order valence-electron chi connectivity index (χ4n) is 4.58. The van der Waals surface area contributed by atoms with Crippen LogP contribution in [-0.2, 0) is 16.1 Å². The molecule has 0 unspecified atom stereocenters. The molecule has 1 aliphatic rings. The summed E-state index contributed by atoms with van der Waals surface area (Å²) in [4.78, 5) is 31.4. The second-order valence-electron chi connectivity index (χ2n) is 9.20. The third kappa shape index (κ3) is 5.99. The predicted molar refractivity (Wildman–Crippen MR) is 157 cm³/mol. The van der Waals surface area contributed by atoms with Crippen molar-refractivity contribution in [2.75, 3.05) is 20.3 Å². The van der Waals surface area contributed by atoms with E-state index in [4.69, 9.17) is 18.9 Å². The van der Waals surface area contributed by atoms with Gasteiger partial charge in [0, 0.05) is 11.8 Å². The number of carbonyl (C=O) groups excluding carboxylic acids is 1. The van der Waals surface area contributed by atoms with Gasteiger partial charge in [0.1, 0.15) is 18.2 Å². The summed E-state index contributed by atoms with van der Waals surface area (Å²) in [5.41, 5.74) is 1.80. The van der Waals surface area contributed by atoms with Gasteiger partial charge in [-0.05, 0) is 61.4 Å². The van der Waals surface area contributed by atoms with E-state index in [2.05, 4.69) is 4.99 Å². The number of esters is 1. The van der Waals surface area contributed by atoms with Gasteiger partial charge in [-0.1, -0.05) is 47.7 Å². The van der Waals surface area contributed by atoms with Crippen molar-refractivity contribution in [3.8, 4) is 17.2 Å². The first-order valence-electron chi connectivity index (χ1n) is 13.4. The molecular formula is C32H29FN2O6S. The summed E-state index contributed by atoms with van der Waals surface area (Å²) in [5.74, 6) is 0.742. The molecule has 0 fully saturated rings. The van der Waals surface area contributed by atoms with Crippen LogP contribution in [-0.4, -0.2) is 30.9 Å². The minimum Gasteiger partial charge on any atom is -0.490 e. The number of methoxy groups -OCH3 is 1. The maximum atomic E-state index is 13.9. The average Bonchev–Trinajstić information content (AvgIpc) is 3.32. The Labute approximate surface area is 245 Å². The molecule has 1 aromatic heterocycles. The summed E-state index contributed by atoms with van der Waals surface area (Å²) < 4.78 is 38.1. The van der Waals surface area contributed by atoms with Crippen LogP contribution in [0, 0.1) is 5.82 Å². The van der Waals surface area contributed by atoms with Crippen LogP contribution in [0.15, 0.2) is 88.3 Å². The molecule has 0 spiro atoms. The van der Waals surface area contributed by atoms with E-state index in [1.807, 2.05) is 26.0 Å². The molecule has 2 heterocycles. The Hall–Kier alpha value is -4.70. The largest absolute Gasteiger partial charge is 0.490 e. The summed E-state index contributed by atoms with van der Waals surface area (Å²) in [6.07, 6.45) is 3.21. The number of fused-ring (bicyclic) bond motifs is 1. The Morgan fingerprint density at radius 2 is 1.74 bits per heavy atom. The van der Waals surface area contributed by atoms with Crippen molar-refractivity contribution in [3.05, 3.63) is 121 Å². The first-order valence-corrected chi connectivity index (χ1v) is 14.2. The standard InChI is InChI=1S/C32H29FN2O6S/c1-4-39-26-15-12-21(17-27(26)40-5-2)29-24(31(37)38-3)18-34-32-35(29)30(36)28(42-32)16-20-10-13-23(14-11-20)41-19-22-8-6-7-9-25(22)33/h6-18,29H,4-5,19H2,1-3H3/b28-16-/t29-/m1/s1. The summed E-state index contributed by atoms with van der Waals surface area (Å²) in [7, 11) is 1.29. The number of thiazole rings is 1. The van der Waals surface area contributed by atoms with E-state index in [-0.39, 0.29) is 23.6 Å². The molecule has 42 heavy (non-hydrogen) atoms. The zero-order valence-electron chi connectivity index (χ0n) is 23.3. The van der Waals surface area contributed by atoms with Crippen LogP contribution in [0.1, 0.15) is 36.6 Å². The van der Waals surface area contributed by atoms with Crippen LogP contribution < -0.4 is 29.1 Å². The molecule has 0 radical (unpaired) electrons. The summed E-state index contributed by atoms with van der Waals surface area (Å²) in [6.45, 7) is 4.72. The molecule has 0 saturated carbocycles. The molecule has 0 aliphatic carbocycles. The SMILES string of the molecule is CCOc1ccc([C@@H]2C(C(=O)OC)=CN=c3s/c(=C\c4ccc(OCc5ccccc5F)cc4)c(=O)n32)cc1OCC. The second-order valence-corrected chi connectivity index (χ2v) is 10.2. The third-order valence-electron chi connectivity index (χ3n) is 6.54. The van der Waals surface area contributed by atoms with Gasteiger partial charge in [0.15, 0.2) is 16.3 Å². The van der Waals surface area contributed by atoms with Crippen molar-refractivity contribution in [1.82, 2.24) is 4.57 Å². The number of benzene rings is 3. The Morgan fingerprint density at radius 1 is 1.00 bits per heavy atom. The van der Waals surface area contributed by atoms with Crippen LogP contribution in [0.4, 0.5) is 4.39 Å². The van der Waals surface area contributed by atoms with Crippen LogP contribution in [0.2, 0.25) is 0 Å². The molecule has 3 aromatic carbocycles. The normalized spacial score (nSPS) is 14.4. The fourth-order valence-corrected chi connectivity index (χ4v) is 5.54. The summed E-state index contributed by atoms with van der Waals surface area (Å²) in [6, 6.07) is 18.2. The molecule has 5 rings (SSSR count). The molecular weight excluding hydrogens is 559 g/mol. The smallest absolute Gasteiger partial charge is 0.337 e. The lowest BCUT2D eigenvalue weighted by Gasteiger charge is -2.23. The topological polar surface area (TPSA) is 88.4 Å². The zero-order valence-corrected chi connectivity index (χ0v) is 24.2. The van der Waals surface area contributed by atoms with Gasteiger partial charge in [0.05, 0.1) is 36.5 Å². The van der Waals surface area contributed by atoms with Gasteiger partial charge in [-0.3, -0.25) is 9.36 Å². The maximum Gasteiger partial charge on any atom is 0.337 e. The van der Waals surface area contributed by atoms with Gasteiger partial charge in [-0.15, -0.1) is 0 Å². The Kier molecular flexibility index (Phi) is 8.83. The van der Waals surface area contributed by atoms with Crippen molar-refractivity contribution in [3.63, 3.8) is 0 Å². The highest BCUT2D eigenvalue weighted by atomic mass is 32.1. The molecule has 216 valence electrons. The number of carbonyl (C=O) groups is 1. The van der Waals surface area contributed by atoms with Crippen LogP contribution in [0.25, 0.3) is 6.08 Å². The first kappa shape index (κ1) is 28.8. The lowest BCUT2D eigenvalue weighted by molar-refractivity contribution is -0.136. The average molecular weight is 589 g/mol. The molecule has 0 N–H and O–H groups in total. The third-order valence-corrected chi connectivity index (χ3v) is 7.54. The molecule has 0 bridgehead atoms. The quantitative estimate of drug-likeness (QED) is 0.253. The van der Waals surface area contributed by atoms with Gasteiger partial charge in [0.2, 0.25) is 0 Å². The fraction of sp³-hybridized carbons (Fsp3) is 0.219. The van der Waals surface area contributed by atoms with Gasteiger partial charge in [0.25, 0.3) is 5.56 Å². The minimum absolute atomic E-state index is 0.101. The summed E-state index contributed by atoms with van der Waals surface area (Å²) in [5, 5.41) is 0. The first-order chi connectivity index (χ1) is 20.4. The molecule has 10 heteroatoms. The van der Waals surface area contributed by atoms with Crippen LogP contribution in [0.5, 0.6) is 17.2 Å². The van der Waals surface area contributed by atoms with Gasteiger partial charge < -0.3 is 18.9 Å². The predicted octanol–water partition coefficient (Wildman–Crippen LogP) is 4.53. The Balaban J connectivity index is 1.49. The zero-order chi connectivity index (χ0) is 29.6. The van der Waals surface area contributed by atoms with Crippen molar-refractivity contribution in [1.29, 1.82) is 0 Å². The highest BCUT2D eigenvalue weighted by Gasteiger charge is 2.31. The van der Waals surface area contributed by atoms with E-state index in [1.54, 1.807) is 54.6 Å². The van der Waals surface area contributed by atoms with E-state index >= 15 is 0 Å². The number of rotatable bonds is 10. The molecule has 1 aliphatic heterocycles. The molecule has 1 atom stereocenters. The lowest BCUT2D eigenvalue weighted by Crippen LogP contribution is -2.39. The number of hydrogen-bond acceptors (Lipinski definition) is 8. The van der Waals surface area contributed by atoms with E-state index in [9.17, 15) is 14.0 Å². The van der Waals surface area contributed by atoms with E-state index in [1.165, 1.54) is 35.3 Å². The Bertz CT molecular complexity index is 1810. The monoisotopic (exact) mass is 588 g/mol. The van der Waals surface area contributed by atoms with Crippen molar-refractivity contribution in [2.45, 2.75) is 26.5 Å². The highest BCUT2D eigenvalue weighted by molar-refractivity contribution is 7.07. The van der Waals surface area contributed by atoms with E-state index < -0.39 is 12.0 Å². The summed E-state index contributed by atoms with van der Waals surface area (Å²) >= 11 is 1.22. The lowest BCUT2D eigenvalue weighted by atomic mass is 9.97. The molecule has 4 aromatic rings. The molecule has 8 nitrogen and oxygen atoms in total. The van der Waals surface area contributed by atoms with Crippen molar-refractivity contribution < 1.29 is 28.1 Å².